The molecule has 46 heavy (non-hydrogen) atoms. The third kappa shape index (κ3) is 5.33. The van der Waals surface area contributed by atoms with Gasteiger partial charge in [-0.15, -0.1) is 0 Å². The summed E-state index contributed by atoms with van der Waals surface area (Å²) in [6.45, 7) is 4.30. The van der Waals surface area contributed by atoms with Gasteiger partial charge in [-0.1, -0.05) is 139 Å². The molecule has 0 bridgehead atoms. The van der Waals surface area contributed by atoms with E-state index in [1.54, 1.807) is 0 Å². The van der Waals surface area contributed by atoms with Gasteiger partial charge in [0, 0.05) is 16.7 Å². The second kappa shape index (κ2) is 11.5. The number of benzene rings is 7. The molecule has 3 nitrogen and oxygen atoms in total. The molecule has 0 aliphatic rings. The van der Waals surface area contributed by atoms with Crippen LogP contribution in [0.3, 0.4) is 0 Å². The maximum atomic E-state index is 5.07. The van der Waals surface area contributed by atoms with Gasteiger partial charge in [-0.2, -0.15) is 0 Å². The number of aromatic nitrogens is 3. The lowest BCUT2D eigenvalue weighted by molar-refractivity contribution is 1.07. The van der Waals surface area contributed by atoms with Crippen LogP contribution in [-0.4, -0.2) is 15.0 Å². The van der Waals surface area contributed by atoms with Gasteiger partial charge in [-0.05, 0) is 81.9 Å². The Morgan fingerprint density at radius 1 is 0.304 bits per heavy atom. The molecule has 0 fully saturated rings. The van der Waals surface area contributed by atoms with Crippen molar-refractivity contribution in [3.8, 4) is 56.4 Å². The predicted octanol–water partition coefficient (Wildman–Crippen LogP) is 11.1. The van der Waals surface area contributed by atoms with E-state index in [1.807, 2.05) is 60.7 Å². The Bertz CT molecular complexity index is 2300. The zero-order valence-electron chi connectivity index (χ0n) is 25.8. The number of rotatable bonds is 5. The van der Waals surface area contributed by atoms with Crippen LogP contribution < -0.4 is 0 Å². The third-order valence-electron chi connectivity index (χ3n) is 8.52. The average Bonchev–Trinajstić information content (AvgIpc) is 3.11. The van der Waals surface area contributed by atoms with E-state index in [2.05, 4.69) is 105 Å². The second-order valence-corrected chi connectivity index (χ2v) is 11.9. The summed E-state index contributed by atoms with van der Waals surface area (Å²) in [4.78, 5) is 15.1. The van der Waals surface area contributed by atoms with Gasteiger partial charge in [-0.25, -0.2) is 15.0 Å². The molecule has 0 aliphatic carbocycles. The summed E-state index contributed by atoms with van der Waals surface area (Å²) in [6, 6.07) is 53.5. The van der Waals surface area contributed by atoms with Gasteiger partial charge in [0.05, 0.1) is 0 Å². The van der Waals surface area contributed by atoms with Gasteiger partial charge in [-0.3, -0.25) is 0 Å². The van der Waals surface area contributed by atoms with Crippen molar-refractivity contribution in [2.45, 2.75) is 13.8 Å². The van der Waals surface area contributed by atoms with E-state index in [-0.39, 0.29) is 0 Å². The molecule has 8 aromatic rings. The van der Waals surface area contributed by atoms with Crippen molar-refractivity contribution in [1.29, 1.82) is 0 Å². The van der Waals surface area contributed by atoms with Crippen molar-refractivity contribution >= 4 is 21.5 Å². The minimum Gasteiger partial charge on any atom is -0.208 e. The van der Waals surface area contributed by atoms with Crippen LogP contribution in [0.1, 0.15) is 11.1 Å². The summed E-state index contributed by atoms with van der Waals surface area (Å²) in [5, 5.41) is 4.99. The van der Waals surface area contributed by atoms with Crippen molar-refractivity contribution in [3.05, 3.63) is 163 Å². The normalized spacial score (nSPS) is 11.3. The van der Waals surface area contributed by atoms with E-state index in [0.717, 1.165) is 33.4 Å². The molecular formula is C43H31N3. The number of hydrogen-bond donors (Lipinski definition) is 0. The zero-order chi connectivity index (χ0) is 31.0. The minimum atomic E-state index is 0.645. The van der Waals surface area contributed by atoms with Gasteiger partial charge in [0.25, 0.3) is 0 Å². The summed E-state index contributed by atoms with van der Waals surface area (Å²) in [7, 11) is 0. The van der Waals surface area contributed by atoms with Gasteiger partial charge in [0.2, 0.25) is 0 Å². The number of hydrogen-bond acceptors (Lipinski definition) is 3. The molecule has 8 rings (SSSR count). The highest BCUT2D eigenvalue weighted by molar-refractivity contribution is 6.08. The monoisotopic (exact) mass is 589 g/mol. The molecule has 0 aliphatic heterocycles. The van der Waals surface area contributed by atoms with Crippen LogP contribution in [-0.2, 0) is 0 Å². The molecule has 0 spiro atoms. The van der Waals surface area contributed by atoms with E-state index in [9.17, 15) is 0 Å². The highest BCUT2D eigenvalue weighted by Crippen LogP contribution is 2.36. The van der Waals surface area contributed by atoms with Crippen LogP contribution in [0.2, 0.25) is 0 Å². The number of aryl methyl sites for hydroxylation is 2. The molecule has 0 radical (unpaired) electrons. The zero-order valence-corrected chi connectivity index (χ0v) is 25.8. The molecule has 0 amide bonds. The molecule has 0 saturated carbocycles. The first-order chi connectivity index (χ1) is 22.6. The Morgan fingerprint density at radius 3 is 1.43 bits per heavy atom. The van der Waals surface area contributed by atoms with E-state index < -0.39 is 0 Å². The van der Waals surface area contributed by atoms with Crippen molar-refractivity contribution in [3.63, 3.8) is 0 Å². The van der Waals surface area contributed by atoms with E-state index in [1.165, 1.54) is 38.2 Å². The molecule has 218 valence electrons. The van der Waals surface area contributed by atoms with Crippen LogP contribution in [0.15, 0.2) is 152 Å². The summed E-state index contributed by atoms with van der Waals surface area (Å²) in [5.74, 6) is 1.95. The molecule has 0 N–H and O–H groups in total. The summed E-state index contributed by atoms with van der Waals surface area (Å²) < 4.78 is 0. The fourth-order valence-corrected chi connectivity index (χ4v) is 6.36. The lowest BCUT2D eigenvalue weighted by Crippen LogP contribution is -2.00. The van der Waals surface area contributed by atoms with Crippen molar-refractivity contribution in [1.82, 2.24) is 15.0 Å². The summed E-state index contributed by atoms with van der Waals surface area (Å²) in [5.41, 5.74) is 9.89. The smallest absolute Gasteiger partial charge is 0.164 e. The van der Waals surface area contributed by atoms with Crippen LogP contribution in [0.4, 0.5) is 0 Å². The number of fused-ring (bicyclic) bond motifs is 3. The molecule has 3 heteroatoms. The van der Waals surface area contributed by atoms with Crippen molar-refractivity contribution in [2.24, 2.45) is 0 Å². The maximum absolute atomic E-state index is 5.07. The Hall–Kier alpha value is -5.93. The van der Waals surface area contributed by atoms with E-state index in [4.69, 9.17) is 15.0 Å². The molecule has 0 unspecified atom stereocenters. The van der Waals surface area contributed by atoms with E-state index >= 15 is 0 Å². The maximum Gasteiger partial charge on any atom is 0.164 e. The van der Waals surface area contributed by atoms with Gasteiger partial charge in [0.1, 0.15) is 0 Å². The SMILES string of the molecule is Cc1cc(C)cc(-c2cc(-c3ccc4c(ccc5ccccc54)c3)cc(-c3nc(-c4ccccc4)nc(-c4ccccc4)n3)c2)c1. The molecular weight excluding hydrogens is 558 g/mol. The minimum absolute atomic E-state index is 0.645. The Morgan fingerprint density at radius 2 is 0.783 bits per heavy atom. The lowest BCUT2D eigenvalue weighted by Gasteiger charge is -2.14. The van der Waals surface area contributed by atoms with Crippen LogP contribution in [0.25, 0.3) is 78.0 Å². The standard InChI is InChI=1S/C43H31N3/c1-28-21-29(2)23-35(22-28)37-25-36(33-19-20-40-34(24-33)18-17-30-11-9-10-16-39(30)40)26-38(27-37)43-45-41(31-12-5-3-6-13-31)44-42(46-43)32-14-7-4-8-15-32/h3-27H,1-2H3. The largest absolute Gasteiger partial charge is 0.208 e. The Balaban J connectivity index is 1.35. The average molecular weight is 590 g/mol. The molecule has 1 heterocycles. The van der Waals surface area contributed by atoms with Crippen LogP contribution in [0, 0.1) is 13.8 Å². The first-order valence-corrected chi connectivity index (χ1v) is 15.6. The predicted molar refractivity (Wildman–Crippen MR) is 191 cm³/mol. The van der Waals surface area contributed by atoms with Crippen LogP contribution in [0.5, 0.6) is 0 Å². The third-order valence-corrected chi connectivity index (χ3v) is 8.52. The summed E-state index contributed by atoms with van der Waals surface area (Å²) in [6.07, 6.45) is 0. The van der Waals surface area contributed by atoms with Crippen molar-refractivity contribution < 1.29 is 0 Å². The van der Waals surface area contributed by atoms with Gasteiger partial charge >= 0.3 is 0 Å². The quantitative estimate of drug-likeness (QED) is 0.187. The van der Waals surface area contributed by atoms with Gasteiger partial charge in [0.15, 0.2) is 17.5 Å². The van der Waals surface area contributed by atoms with Crippen LogP contribution >= 0.6 is 0 Å². The highest BCUT2D eigenvalue weighted by atomic mass is 15.0. The molecule has 0 atom stereocenters. The first-order valence-electron chi connectivity index (χ1n) is 15.6. The fourth-order valence-electron chi connectivity index (χ4n) is 6.36. The van der Waals surface area contributed by atoms with Crippen molar-refractivity contribution in [2.75, 3.05) is 0 Å². The second-order valence-electron chi connectivity index (χ2n) is 11.9. The molecule has 0 saturated heterocycles. The topological polar surface area (TPSA) is 38.7 Å². The first kappa shape index (κ1) is 27.6. The fraction of sp³-hybridized carbons (Fsp3) is 0.0465. The Kier molecular flexibility index (Phi) is 6.92. The number of nitrogens with zero attached hydrogens (tertiary/aromatic N) is 3. The summed E-state index contributed by atoms with van der Waals surface area (Å²) >= 11 is 0. The Labute approximate surface area is 268 Å². The lowest BCUT2D eigenvalue weighted by atomic mass is 9.92. The molecule has 7 aromatic carbocycles. The van der Waals surface area contributed by atoms with E-state index in [0.29, 0.717) is 17.5 Å². The molecule has 1 aromatic heterocycles. The van der Waals surface area contributed by atoms with Gasteiger partial charge < -0.3 is 0 Å². The highest BCUT2D eigenvalue weighted by Gasteiger charge is 2.15.